The van der Waals surface area contributed by atoms with Crippen LogP contribution < -0.4 is 4.90 Å². The minimum atomic E-state index is -0.597. The third kappa shape index (κ3) is 3.78. The molecule has 0 fully saturated rings. The Bertz CT molecular complexity index is 1100. The average molecular weight is 409 g/mol. The third-order valence-corrected chi connectivity index (χ3v) is 5.49. The molecule has 0 radical (unpaired) electrons. The van der Waals surface area contributed by atoms with E-state index in [0.717, 1.165) is 11.1 Å². The molecule has 30 heavy (non-hydrogen) atoms. The van der Waals surface area contributed by atoms with Crippen LogP contribution in [0.3, 0.4) is 0 Å². The van der Waals surface area contributed by atoms with Crippen LogP contribution in [0.4, 0.5) is 10.1 Å². The first kappa shape index (κ1) is 20.0. The average Bonchev–Trinajstić information content (AvgIpc) is 3.16. The molecule has 1 aliphatic heterocycles. The number of carbonyl (C=O) groups excluding carboxylic acids is 1. The van der Waals surface area contributed by atoms with Crippen molar-refractivity contribution in [3.63, 3.8) is 0 Å². The van der Waals surface area contributed by atoms with Gasteiger partial charge in [-0.25, -0.2) is 4.39 Å². The maximum absolute atomic E-state index is 14.9. The Morgan fingerprint density at radius 1 is 1.27 bits per heavy atom. The predicted octanol–water partition coefficient (Wildman–Crippen LogP) is 2.59. The molecule has 7 nitrogen and oxygen atoms in total. The third-order valence-electron chi connectivity index (χ3n) is 5.49. The summed E-state index contributed by atoms with van der Waals surface area (Å²) >= 11 is 0. The van der Waals surface area contributed by atoms with Crippen LogP contribution in [0.2, 0.25) is 0 Å². The summed E-state index contributed by atoms with van der Waals surface area (Å²) in [6, 6.07) is 5.16. The Hall–Kier alpha value is -3.26. The fraction of sp³-hybridized carbons (Fsp3) is 0.318. The van der Waals surface area contributed by atoms with Gasteiger partial charge in [0, 0.05) is 63.1 Å². The molecule has 3 heterocycles. The fourth-order valence-corrected chi connectivity index (χ4v) is 3.82. The zero-order valence-corrected chi connectivity index (χ0v) is 17.2. The largest absolute Gasteiger partial charge is 0.374 e. The number of hydrogen-bond donors (Lipinski definition) is 1. The molecule has 2 aromatic heterocycles. The number of halogens is 1. The van der Waals surface area contributed by atoms with Crippen LogP contribution in [-0.2, 0) is 20.0 Å². The molecule has 0 spiro atoms. The molecule has 1 unspecified atom stereocenters. The van der Waals surface area contributed by atoms with Gasteiger partial charge >= 0.3 is 0 Å². The summed E-state index contributed by atoms with van der Waals surface area (Å²) in [6.45, 7) is 0.343. The second-order valence-electron chi connectivity index (χ2n) is 7.74. The molecule has 0 bridgehead atoms. The van der Waals surface area contributed by atoms with Gasteiger partial charge in [-0.2, -0.15) is 5.10 Å². The van der Waals surface area contributed by atoms with Gasteiger partial charge in [-0.3, -0.25) is 14.5 Å². The highest BCUT2D eigenvalue weighted by Gasteiger charge is 2.23. The summed E-state index contributed by atoms with van der Waals surface area (Å²) in [4.78, 5) is 20.1. The number of aromatic nitrogens is 3. The minimum absolute atomic E-state index is 0.143. The van der Waals surface area contributed by atoms with Crippen molar-refractivity contribution in [3.8, 4) is 11.1 Å². The van der Waals surface area contributed by atoms with Gasteiger partial charge < -0.3 is 14.9 Å². The molecule has 1 atom stereocenters. The number of anilines is 1. The highest BCUT2D eigenvalue weighted by molar-refractivity contribution is 5.93. The molecule has 1 aliphatic rings. The van der Waals surface area contributed by atoms with E-state index in [0.29, 0.717) is 41.8 Å². The van der Waals surface area contributed by atoms with Crippen molar-refractivity contribution in [2.75, 3.05) is 19.0 Å². The van der Waals surface area contributed by atoms with E-state index < -0.39 is 6.23 Å². The first-order valence-corrected chi connectivity index (χ1v) is 9.75. The number of hydrogen-bond acceptors (Lipinski definition) is 5. The predicted molar refractivity (Wildman–Crippen MR) is 111 cm³/mol. The quantitative estimate of drug-likeness (QED) is 0.717. The Morgan fingerprint density at radius 2 is 2.07 bits per heavy atom. The lowest BCUT2D eigenvalue weighted by Crippen LogP contribution is -2.35. The van der Waals surface area contributed by atoms with E-state index in [4.69, 9.17) is 0 Å². The summed E-state index contributed by atoms with van der Waals surface area (Å²) in [5, 5.41) is 14.0. The standard InChI is InChI=1S/C22H24FN5O2/c1-26(22(30)17-11-25-27(2)13-17)12-14-6-16(10-24-9-14)18-7-15-4-5-21(29)28(3)20(15)8-19(18)23/h6-11,13,21,29H,4-5,12H2,1-3H3. The van der Waals surface area contributed by atoms with E-state index >= 15 is 0 Å². The lowest BCUT2D eigenvalue weighted by molar-refractivity contribution is 0.0785. The van der Waals surface area contributed by atoms with E-state index in [1.54, 1.807) is 54.2 Å². The lowest BCUT2D eigenvalue weighted by Gasteiger charge is -2.33. The summed E-state index contributed by atoms with van der Waals surface area (Å²) in [5.41, 5.74) is 4.14. The number of rotatable bonds is 4. The van der Waals surface area contributed by atoms with Crippen LogP contribution >= 0.6 is 0 Å². The number of nitrogens with zero attached hydrogens (tertiary/aromatic N) is 5. The minimum Gasteiger partial charge on any atom is -0.374 e. The molecule has 1 amide bonds. The number of pyridine rings is 1. The van der Waals surface area contributed by atoms with Gasteiger partial charge in [0.25, 0.3) is 5.91 Å². The van der Waals surface area contributed by atoms with Gasteiger partial charge in [-0.15, -0.1) is 0 Å². The van der Waals surface area contributed by atoms with E-state index in [-0.39, 0.29) is 11.7 Å². The molecular formula is C22H24FN5O2. The number of aliphatic hydroxyl groups is 1. The number of aliphatic hydroxyl groups excluding tert-OH is 1. The van der Waals surface area contributed by atoms with Gasteiger partial charge in [-0.05, 0) is 42.2 Å². The van der Waals surface area contributed by atoms with Crippen molar-refractivity contribution in [2.45, 2.75) is 25.6 Å². The highest BCUT2D eigenvalue weighted by Crippen LogP contribution is 2.34. The van der Waals surface area contributed by atoms with Gasteiger partial charge in [0.15, 0.2) is 0 Å². The Balaban J connectivity index is 1.59. The van der Waals surface area contributed by atoms with Crippen molar-refractivity contribution in [1.29, 1.82) is 0 Å². The van der Waals surface area contributed by atoms with Crippen molar-refractivity contribution in [1.82, 2.24) is 19.7 Å². The number of benzene rings is 1. The molecule has 3 aromatic rings. The van der Waals surface area contributed by atoms with Crippen LogP contribution in [-0.4, -0.2) is 51.0 Å². The molecule has 156 valence electrons. The molecule has 8 heteroatoms. The summed E-state index contributed by atoms with van der Waals surface area (Å²) in [6.07, 6.45) is 7.20. The molecule has 0 saturated carbocycles. The summed E-state index contributed by atoms with van der Waals surface area (Å²) in [5.74, 6) is -0.511. The van der Waals surface area contributed by atoms with Gasteiger partial charge in [0.1, 0.15) is 12.0 Å². The van der Waals surface area contributed by atoms with E-state index in [2.05, 4.69) is 10.1 Å². The summed E-state index contributed by atoms with van der Waals surface area (Å²) < 4.78 is 16.5. The van der Waals surface area contributed by atoms with Gasteiger partial charge in [0.05, 0.1) is 11.8 Å². The number of carbonyl (C=O) groups is 1. The number of amides is 1. The number of fused-ring (bicyclic) bond motifs is 1. The van der Waals surface area contributed by atoms with Crippen LogP contribution in [0.1, 0.15) is 27.9 Å². The van der Waals surface area contributed by atoms with Gasteiger partial charge in [-0.1, -0.05) is 0 Å². The first-order valence-electron chi connectivity index (χ1n) is 9.75. The summed E-state index contributed by atoms with van der Waals surface area (Å²) in [7, 11) is 5.23. The number of aryl methyl sites for hydroxylation is 2. The smallest absolute Gasteiger partial charge is 0.257 e. The second kappa shape index (κ2) is 7.87. The van der Waals surface area contributed by atoms with Crippen LogP contribution in [0, 0.1) is 5.82 Å². The zero-order chi connectivity index (χ0) is 21.4. The van der Waals surface area contributed by atoms with Crippen molar-refractivity contribution >= 4 is 11.6 Å². The van der Waals surface area contributed by atoms with Crippen LogP contribution in [0.25, 0.3) is 11.1 Å². The molecule has 1 aromatic carbocycles. The zero-order valence-electron chi connectivity index (χ0n) is 17.2. The first-order chi connectivity index (χ1) is 14.3. The monoisotopic (exact) mass is 409 g/mol. The van der Waals surface area contributed by atoms with Crippen LogP contribution in [0.5, 0.6) is 0 Å². The SMILES string of the molecule is CN(Cc1cncc(-c2cc3c(cc2F)N(C)C(O)CC3)c1)C(=O)c1cnn(C)c1. The Labute approximate surface area is 174 Å². The molecule has 4 rings (SSSR count). The fourth-order valence-electron chi connectivity index (χ4n) is 3.82. The van der Waals surface area contributed by atoms with Crippen molar-refractivity contribution in [3.05, 3.63) is 65.5 Å². The Morgan fingerprint density at radius 3 is 2.80 bits per heavy atom. The molecule has 0 saturated heterocycles. The maximum Gasteiger partial charge on any atom is 0.257 e. The molecule has 0 aliphatic carbocycles. The van der Waals surface area contributed by atoms with Gasteiger partial charge in [0.2, 0.25) is 0 Å². The normalized spacial score (nSPS) is 15.8. The van der Waals surface area contributed by atoms with E-state index in [1.807, 2.05) is 12.1 Å². The maximum atomic E-state index is 14.9. The Kier molecular flexibility index (Phi) is 5.26. The van der Waals surface area contributed by atoms with Crippen molar-refractivity contribution in [2.24, 2.45) is 7.05 Å². The lowest BCUT2D eigenvalue weighted by atomic mass is 9.95. The van der Waals surface area contributed by atoms with Crippen LogP contribution in [0.15, 0.2) is 43.0 Å². The second-order valence-corrected chi connectivity index (χ2v) is 7.74. The molecule has 1 N–H and O–H groups in total. The topological polar surface area (TPSA) is 74.5 Å². The van der Waals surface area contributed by atoms with E-state index in [9.17, 15) is 14.3 Å². The highest BCUT2D eigenvalue weighted by atomic mass is 19.1. The molecular weight excluding hydrogens is 385 g/mol. The van der Waals surface area contributed by atoms with E-state index in [1.165, 1.54) is 12.3 Å². The van der Waals surface area contributed by atoms with Crippen molar-refractivity contribution < 1.29 is 14.3 Å².